The second kappa shape index (κ2) is 5.39. The Balaban J connectivity index is 4.17. The minimum atomic E-state index is -1.54. The van der Waals surface area contributed by atoms with Gasteiger partial charge in [0.15, 0.2) is 0 Å². The molecule has 0 atom stereocenters. The van der Waals surface area contributed by atoms with Gasteiger partial charge in [-0.25, -0.2) is 0 Å². The Morgan fingerprint density at radius 1 is 1.00 bits per heavy atom. The Labute approximate surface area is 102 Å². The predicted octanol–water partition coefficient (Wildman–Crippen LogP) is 5.39. The van der Waals surface area contributed by atoms with Crippen LogP contribution in [0.1, 0.15) is 20.8 Å². The van der Waals surface area contributed by atoms with E-state index in [2.05, 4.69) is 60.8 Å². The molecule has 0 aromatic carbocycles. The van der Waals surface area contributed by atoms with Gasteiger partial charge in [-0.05, 0) is 0 Å². The molecule has 0 aliphatic rings. The van der Waals surface area contributed by atoms with Crippen LogP contribution in [0.4, 0.5) is 0 Å². The standard InChI is InChI=1S/C10H21Si.3CH3.Sn/c1-7-8-9-11(5,6)10(2,3)4;;;;/h7-8H,1,9H2,2-6H3;3*1H3;/b8-7+;;;;. The molecule has 15 heavy (non-hydrogen) atoms. The van der Waals surface area contributed by atoms with E-state index in [0.29, 0.717) is 5.04 Å². The Morgan fingerprint density at radius 2 is 1.47 bits per heavy atom. The van der Waals surface area contributed by atoms with Crippen LogP contribution < -0.4 is 0 Å². The summed E-state index contributed by atoms with van der Waals surface area (Å²) in [6.45, 7) is 12.2. The maximum atomic E-state index is 2.51. The zero-order chi connectivity index (χ0) is 12.3. The minimum absolute atomic E-state index is 0.530. The van der Waals surface area contributed by atoms with Gasteiger partial charge in [-0.2, -0.15) is 0 Å². The molecule has 0 amide bonds. The summed E-state index contributed by atoms with van der Waals surface area (Å²) in [7, 11) is -1.06. The normalized spacial score (nSPS) is 14.9. The molecule has 0 aliphatic heterocycles. The molecular weight excluding hydrogens is 303 g/mol. The summed E-state index contributed by atoms with van der Waals surface area (Å²) in [6.07, 6.45) is 4.94. The van der Waals surface area contributed by atoms with Crippen molar-refractivity contribution in [1.29, 1.82) is 0 Å². The molecule has 0 saturated carbocycles. The first-order chi connectivity index (χ1) is 6.46. The van der Waals surface area contributed by atoms with Crippen LogP contribution >= 0.6 is 0 Å². The third-order valence-corrected chi connectivity index (χ3v) is 13.0. The molecule has 0 rings (SSSR count). The van der Waals surface area contributed by atoms with E-state index in [0.717, 1.165) is 0 Å². The summed E-state index contributed by atoms with van der Waals surface area (Å²) < 4.78 is 1.41. The van der Waals surface area contributed by atoms with E-state index in [9.17, 15) is 0 Å². The van der Waals surface area contributed by atoms with Gasteiger partial charge >= 0.3 is 103 Å². The zero-order valence-corrected chi connectivity index (χ0v) is 15.9. The first-order valence-corrected chi connectivity index (χ1v) is 19.9. The molecule has 0 spiro atoms. The van der Waals surface area contributed by atoms with Gasteiger partial charge in [-0.1, -0.05) is 0 Å². The van der Waals surface area contributed by atoms with Crippen molar-refractivity contribution in [2.45, 2.75) is 64.2 Å². The van der Waals surface area contributed by atoms with E-state index in [4.69, 9.17) is 0 Å². The second-order valence-electron chi connectivity index (χ2n) is 7.57. The molecule has 0 saturated heterocycles. The van der Waals surface area contributed by atoms with E-state index in [1.807, 2.05) is 0 Å². The molecule has 0 nitrogen and oxygen atoms in total. The summed E-state index contributed by atoms with van der Waals surface area (Å²) in [4.78, 5) is 7.52. The van der Waals surface area contributed by atoms with Crippen molar-refractivity contribution >= 4 is 26.5 Å². The predicted molar refractivity (Wildman–Crippen MR) is 79.3 cm³/mol. The fourth-order valence-electron chi connectivity index (χ4n) is 1.12. The first kappa shape index (κ1) is 15.8. The van der Waals surface area contributed by atoms with Gasteiger partial charge in [-0.3, -0.25) is 0 Å². The van der Waals surface area contributed by atoms with Crippen LogP contribution in [0, 0.1) is 0 Å². The van der Waals surface area contributed by atoms with Crippen LogP contribution in [0.25, 0.3) is 0 Å². The van der Waals surface area contributed by atoms with Crippen molar-refractivity contribution in [3.63, 3.8) is 0 Å². The van der Waals surface area contributed by atoms with Crippen molar-refractivity contribution in [3.05, 3.63) is 12.2 Å². The molecule has 2 heteroatoms. The monoisotopic (exact) mass is 334 g/mol. The van der Waals surface area contributed by atoms with Crippen molar-refractivity contribution in [3.8, 4) is 0 Å². The van der Waals surface area contributed by atoms with Crippen LogP contribution in [-0.4, -0.2) is 26.5 Å². The quantitative estimate of drug-likeness (QED) is 0.478. The average Bonchev–Trinajstić information content (AvgIpc) is 1.94. The van der Waals surface area contributed by atoms with Crippen LogP contribution in [-0.2, 0) is 0 Å². The molecule has 0 aromatic rings. The average molecular weight is 333 g/mol. The van der Waals surface area contributed by atoms with E-state index in [1.165, 1.54) is 10.5 Å². The van der Waals surface area contributed by atoms with Crippen molar-refractivity contribution in [1.82, 2.24) is 0 Å². The number of hydrogen-bond acceptors (Lipinski definition) is 0. The second-order valence-corrected chi connectivity index (χ2v) is 29.0. The van der Waals surface area contributed by atoms with Crippen molar-refractivity contribution in [2.75, 3.05) is 0 Å². The Morgan fingerprint density at radius 3 is 1.80 bits per heavy atom. The van der Waals surface area contributed by atoms with Gasteiger partial charge in [0.2, 0.25) is 0 Å². The third-order valence-electron chi connectivity index (χ3n) is 3.56. The molecule has 0 bridgehead atoms. The van der Waals surface area contributed by atoms with E-state index < -0.39 is 26.5 Å². The first-order valence-electron chi connectivity index (χ1n) is 6.11. The molecule has 90 valence electrons. The van der Waals surface area contributed by atoms with Gasteiger partial charge in [0, 0.05) is 0 Å². The summed E-state index contributed by atoms with van der Waals surface area (Å²) in [5.41, 5.74) is 0. The molecule has 0 aliphatic carbocycles. The zero-order valence-electron chi connectivity index (χ0n) is 12.1. The Hall–Kier alpha value is 0.756. The molecule has 0 heterocycles. The van der Waals surface area contributed by atoms with Crippen LogP contribution in [0.15, 0.2) is 12.2 Å². The van der Waals surface area contributed by atoms with Gasteiger partial charge in [0.25, 0.3) is 0 Å². The molecule has 0 N–H and O–H groups in total. The van der Waals surface area contributed by atoms with Crippen LogP contribution in [0.5, 0.6) is 0 Å². The van der Waals surface area contributed by atoms with Gasteiger partial charge in [-0.15, -0.1) is 0 Å². The van der Waals surface area contributed by atoms with E-state index in [1.54, 1.807) is 0 Å². The van der Waals surface area contributed by atoms with Gasteiger partial charge in [0.05, 0.1) is 0 Å². The SMILES string of the molecule is CC(C)(C)[Si](C)(C)C/C=C/[CH2][Sn]([CH3])([CH3])[CH3]. The third kappa shape index (κ3) is 6.82. The summed E-state index contributed by atoms with van der Waals surface area (Å²) in [5.74, 6) is 0. The molecule has 0 radical (unpaired) electrons. The Kier molecular flexibility index (Phi) is 5.66. The van der Waals surface area contributed by atoms with Crippen LogP contribution in [0.2, 0.25) is 43.4 Å². The molecule has 0 unspecified atom stereocenters. The molecule has 0 fully saturated rings. The summed E-state index contributed by atoms with van der Waals surface area (Å²) in [6, 6.07) is 1.35. The number of rotatable bonds is 4. The van der Waals surface area contributed by atoms with Crippen molar-refractivity contribution < 1.29 is 0 Å². The van der Waals surface area contributed by atoms with Crippen molar-refractivity contribution in [2.24, 2.45) is 0 Å². The summed E-state index contributed by atoms with van der Waals surface area (Å²) >= 11 is -1.54. The molecule has 0 aromatic heterocycles. The summed E-state index contributed by atoms with van der Waals surface area (Å²) in [5, 5.41) is 0.530. The topological polar surface area (TPSA) is 0 Å². The fraction of sp³-hybridized carbons (Fsp3) is 0.846. The molecular formula is C13H30SiSn. The van der Waals surface area contributed by atoms with Crippen LogP contribution in [0.3, 0.4) is 0 Å². The Bertz CT molecular complexity index is 216. The van der Waals surface area contributed by atoms with E-state index >= 15 is 0 Å². The maximum absolute atomic E-state index is 2.51. The van der Waals surface area contributed by atoms with E-state index in [-0.39, 0.29) is 0 Å². The fourth-order valence-corrected chi connectivity index (χ4v) is 4.98. The number of hydrogen-bond donors (Lipinski definition) is 0. The van der Waals surface area contributed by atoms with Gasteiger partial charge in [0.1, 0.15) is 0 Å². The van der Waals surface area contributed by atoms with Gasteiger partial charge < -0.3 is 0 Å². The number of allylic oxidation sites excluding steroid dienone is 2.